The predicted molar refractivity (Wildman–Crippen MR) is 101 cm³/mol. The minimum absolute atomic E-state index is 0.319. The van der Waals surface area contributed by atoms with Crippen LogP contribution >= 0.6 is 23.2 Å². The van der Waals surface area contributed by atoms with Crippen molar-refractivity contribution in [2.24, 2.45) is 0 Å². The molecule has 0 fully saturated rings. The molecule has 1 aromatic heterocycles. The van der Waals surface area contributed by atoms with E-state index in [4.69, 9.17) is 27.9 Å². The van der Waals surface area contributed by atoms with Crippen molar-refractivity contribution in [3.8, 4) is 5.75 Å². The molecule has 5 nitrogen and oxygen atoms in total. The first-order valence-corrected chi connectivity index (χ1v) is 8.35. The highest BCUT2D eigenvalue weighted by Crippen LogP contribution is 2.23. The maximum absolute atomic E-state index is 11.9. The van der Waals surface area contributed by atoms with Crippen molar-refractivity contribution in [2.45, 2.75) is 0 Å². The summed E-state index contributed by atoms with van der Waals surface area (Å²) in [5.41, 5.74) is 1.32. The summed E-state index contributed by atoms with van der Waals surface area (Å²) in [4.78, 5) is 16.2. The lowest BCUT2D eigenvalue weighted by Crippen LogP contribution is -2.32. The molecule has 1 heterocycles. The minimum Gasteiger partial charge on any atom is -0.489 e. The molecule has 0 radical (unpaired) electrons. The summed E-state index contributed by atoms with van der Waals surface area (Å²) in [5.74, 6) is 0.682. The summed E-state index contributed by atoms with van der Waals surface area (Å²) in [5, 5.41) is 7.28. The Balaban J connectivity index is 1.50. The zero-order valence-electron chi connectivity index (χ0n) is 13.1. The van der Waals surface area contributed by atoms with Gasteiger partial charge in [0, 0.05) is 27.3 Å². The van der Waals surface area contributed by atoms with Crippen LogP contribution in [0.2, 0.25) is 10.0 Å². The first-order valence-electron chi connectivity index (χ1n) is 7.59. The van der Waals surface area contributed by atoms with Gasteiger partial charge in [0.1, 0.15) is 17.9 Å². The highest BCUT2D eigenvalue weighted by Gasteiger charge is 2.05. The van der Waals surface area contributed by atoms with Gasteiger partial charge in [0.2, 0.25) is 0 Å². The zero-order valence-corrected chi connectivity index (χ0v) is 14.6. The molecule has 0 spiro atoms. The summed E-state index contributed by atoms with van der Waals surface area (Å²) in [6.45, 7) is 0.656. The second-order valence-corrected chi connectivity index (χ2v) is 6.09. The number of para-hydroxylation sites is 1. The number of hydrogen-bond acceptors (Lipinski definition) is 3. The molecule has 0 aliphatic heterocycles. The number of rotatable bonds is 5. The summed E-state index contributed by atoms with van der Waals surface area (Å²) in [6, 6.07) is 14.0. The van der Waals surface area contributed by atoms with Gasteiger partial charge in [-0.15, -0.1) is 0 Å². The highest BCUT2D eigenvalue weighted by molar-refractivity contribution is 6.35. The fourth-order valence-electron chi connectivity index (χ4n) is 2.32. The Morgan fingerprint density at radius 3 is 2.64 bits per heavy atom. The van der Waals surface area contributed by atoms with E-state index in [1.807, 2.05) is 30.3 Å². The molecule has 0 unspecified atom stereocenters. The molecule has 2 aromatic carbocycles. The van der Waals surface area contributed by atoms with E-state index < -0.39 is 0 Å². The van der Waals surface area contributed by atoms with Gasteiger partial charge in [0.05, 0.1) is 6.54 Å². The first-order chi connectivity index (χ1) is 12.1. The summed E-state index contributed by atoms with van der Waals surface area (Å²) in [6.07, 6.45) is 1.72. The van der Waals surface area contributed by atoms with E-state index in [1.54, 1.807) is 24.4 Å². The average Bonchev–Trinajstić information content (AvgIpc) is 2.58. The number of anilines is 1. The summed E-state index contributed by atoms with van der Waals surface area (Å²) in [7, 11) is 0. The Hall–Kier alpha value is -2.50. The van der Waals surface area contributed by atoms with Gasteiger partial charge in [-0.3, -0.25) is 4.98 Å². The standard InChI is InChI=1S/C18H15Cl2N3O2/c19-13-9-14(20)11-15(10-13)23-18(24)22-7-8-25-16-5-1-3-12-4-2-6-21-17(12)16/h1-6,9-11H,7-8H2,(H2,22,23,24). The van der Waals surface area contributed by atoms with Gasteiger partial charge >= 0.3 is 6.03 Å². The molecule has 0 aliphatic rings. The quantitative estimate of drug-likeness (QED) is 0.632. The van der Waals surface area contributed by atoms with Gasteiger partial charge < -0.3 is 15.4 Å². The lowest BCUT2D eigenvalue weighted by Gasteiger charge is -2.10. The van der Waals surface area contributed by atoms with E-state index in [2.05, 4.69) is 15.6 Å². The molecular weight excluding hydrogens is 361 g/mol. The van der Waals surface area contributed by atoms with Gasteiger partial charge in [-0.1, -0.05) is 41.4 Å². The molecule has 0 aliphatic carbocycles. The topological polar surface area (TPSA) is 63.2 Å². The van der Waals surface area contributed by atoms with Crippen LogP contribution < -0.4 is 15.4 Å². The van der Waals surface area contributed by atoms with Gasteiger partial charge in [-0.25, -0.2) is 4.79 Å². The Bertz CT molecular complexity index is 877. The Morgan fingerprint density at radius 1 is 1.08 bits per heavy atom. The second-order valence-electron chi connectivity index (χ2n) is 5.22. The van der Waals surface area contributed by atoms with Crippen LogP contribution in [0.3, 0.4) is 0 Å². The van der Waals surface area contributed by atoms with Crippen LogP contribution in [0, 0.1) is 0 Å². The molecule has 0 saturated heterocycles. The number of pyridine rings is 1. The minimum atomic E-state index is -0.363. The van der Waals surface area contributed by atoms with Crippen molar-refractivity contribution < 1.29 is 9.53 Å². The maximum atomic E-state index is 11.9. The number of carbonyl (C=O) groups is 1. The first kappa shape index (κ1) is 17.3. The summed E-state index contributed by atoms with van der Waals surface area (Å²) < 4.78 is 5.71. The van der Waals surface area contributed by atoms with Gasteiger partial charge in [-0.05, 0) is 30.3 Å². The molecule has 25 heavy (non-hydrogen) atoms. The SMILES string of the molecule is O=C(NCCOc1cccc2cccnc12)Nc1cc(Cl)cc(Cl)c1. The van der Waals surface area contributed by atoms with Crippen LogP contribution in [0.25, 0.3) is 10.9 Å². The molecule has 0 saturated carbocycles. The molecular formula is C18H15Cl2N3O2. The Labute approximate surface area is 154 Å². The van der Waals surface area contributed by atoms with Crippen LogP contribution in [0.4, 0.5) is 10.5 Å². The number of amides is 2. The third-order valence-electron chi connectivity index (χ3n) is 3.36. The number of fused-ring (bicyclic) bond motifs is 1. The number of hydrogen-bond donors (Lipinski definition) is 2. The van der Waals surface area contributed by atoms with E-state index in [-0.39, 0.29) is 6.03 Å². The van der Waals surface area contributed by atoms with E-state index in [9.17, 15) is 4.79 Å². The number of carbonyl (C=O) groups excluding carboxylic acids is 1. The third kappa shape index (κ3) is 4.75. The van der Waals surface area contributed by atoms with E-state index in [0.29, 0.717) is 34.6 Å². The molecule has 3 rings (SSSR count). The number of aromatic nitrogens is 1. The molecule has 7 heteroatoms. The van der Waals surface area contributed by atoms with Crippen LogP contribution in [0.5, 0.6) is 5.75 Å². The number of nitrogens with zero attached hydrogens (tertiary/aromatic N) is 1. The lowest BCUT2D eigenvalue weighted by molar-refractivity contribution is 0.247. The second kappa shape index (κ2) is 8.05. The normalized spacial score (nSPS) is 10.5. The van der Waals surface area contributed by atoms with Crippen LogP contribution in [-0.4, -0.2) is 24.2 Å². The van der Waals surface area contributed by atoms with E-state index in [0.717, 1.165) is 10.9 Å². The molecule has 3 aromatic rings. The number of urea groups is 1. The fraction of sp³-hybridized carbons (Fsp3) is 0.111. The van der Waals surface area contributed by atoms with Gasteiger partial charge in [0.25, 0.3) is 0 Å². The Kier molecular flexibility index (Phi) is 5.58. The molecule has 0 bridgehead atoms. The van der Waals surface area contributed by atoms with Gasteiger partial charge in [-0.2, -0.15) is 0 Å². The third-order valence-corrected chi connectivity index (χ3v) is 3.80. The number of nitrogens with one attached hydrogen (secondary N) is 2. The lowest BCUT2D eigenvalue weighted by atomic mass is 10.2. The highest BCUT2D eigenvalue weighted by atomic mass is 35.5. The van der Waals surface area contributed by atoms with Gasteiger partial charge in [0.15, 0.2) is 0 Å². The molecule has 2 N–H and O–H groups in total. The van der Waals surface area contributed by atoms with Crippen molar-refractivity contribution in [2.75, 3.05) is 18.5 Å². The molecule has 0 atom stereocenters. The van der Waals surface area contributed by atoms with Crippen molar-refractivity contribution in [1.29, 1.82) is 0 Å². The maximum Gasteiger partial charge on any atom is 0.319 e. The monoisotopic (exact) mass is 375 g/mol. The largest absolute Gasteiger partial charge is 0.489 e. The molecule has 128 valence electrons. The Morgan fingerprint density at radius 2 is 1.84 bits per heavy atom. The molecule has 2 amide bonds. The number of benzene rings is 2. The summed E-state index contributed by atoms with van der Waals surface area (Å²) >= 11 is 11.8. The van der Waals surface area contributed by atoms with E-state index >= 15 is 0 Å². The van der Waals surface area contributed by atoms with Crippen molar-refractivity contribution >= 4 is 45.8 Å². The fourth-order valence-corrected chi connectivity index (χ4v) is 2.85. The van der Waals surface area contributed by atoms with Crippen LogP contribution in [-0.2, 0) is 0 Å². The van der Waals surface area contributed by atoms with Crippen molar-refractivity contribution in [3.05, 3.63) is 64.8 Å². The van der Waals surface area contributed by atoms with Crippen molar-refractivity contribution in [3.63, 3.8) is 0 Å². The zero-order chi connectivity index (χ0) is 17.6. The van der Waals surface area contributed by atoms with Crippen LogP contribution in [0.1, 0.15) is 0 Å². The van der Waals surface area contributed by atoms with Crippen LogP contribution in [0.15, 0.2) is 54.7 Å². The smallest absolute Gasteiger partial charge is 0.319 e. The number of halogens is 2. The number of ether oxygens (including phenoxy) is 1. The average molecular weight is 376 g/mol. The van der Waals surface area contributed by atoms with E-state index in [1.165, 1.54) is 0 Å². The predicted octanol–water partition coefficient (Wildman–Crippen LogP) is 4.74. The van der Waals surface area contributed by atoms with Crippen molar-refractivity contribution in [1.82, 2.24) is 10.3 Å².